The molecule has 1 saturated heterocycles. The van der Waals surface area contributed by atoms with Gasteiger partial charge in [-0.15, -0.1) is 0 Å². The summed E-state index contributed by atoms with van der Waals surface area (Å²) in [5, 5.41) is 6.79. The molecule has 3 fully saturated rings. The lowest BCUT2D eigenvalue weighted by molar-refractivity contribution is -0.144. The molecule has 0 aromatic heterocycles. The normalized spacial score (nSPS) is 42.6. The highest BCUT2D eigenvalue weighted by Crippen LogP contribution is 2.46. The monoisotopic (exact) mass is 280 g/mol. The van der Waals surface area contributed by atoms with Gasteiger partial charge in [-0.05, 0) is 31.7 Å². The minimum absolute atomic E-state index is 0.0528. The van der Waals surface area contributed by atoms with Crippen LogP contribution in [0.25, 0.3) is 0 Å². The lowest BCUT2D eigenvalue weighted by atomic mass is 9.63. The van der Waals surface area contributed by atoms with Crippen molar-refractivity contribution in [3.63, 3.8) is 0 Å². The Balaban J connectivity index is 1.68. The number of carbonyl (C=O) groups excluding carboxylic acids is 1. The van der Waals surface area contributed by atoms with Crippen LogP contribution in [0.3, 0.4) is 0 Å². The van der Waals surface area contributed by atoms with Crippen molar-refractivity contribution in [3.8, 4) is 0 Å². The Labute approximate surface area is 122 Å². The largest absolute Gasteiger partial charge is 0.381 e. The van der Waals surface area contributed by atoms with E-state index in [1.54, 1.807) is 7.11 Å². The Bertz CT molecular complexity index is 396. The van der Waals surface area contributed by atoms with Crippen LogP contribution in [0.1, 0.15) is 46.0 Å². The molecule has 3 rings (SSSR count). The highest BCUT2D eigenvalue weighted by atomic mass is 16.5. The van der Waals surface area contributed by atoms with Gasteiger partial charge in [0, 0.05) is 25.1 Å². The van der Waals surface area contributed by atoms with Gasteiger partial charge in [-0.3, -0.25) is 4.79 Å². The molecule has 1 heterocycles. The second kappa shape index (κ2) is 4.99. The summed E-state index contributed by atoms with van der Waals surface area (Å²) < 4.78 is 5.48. The van der Waals surface area contributed by atoms with Crippen LogP contribution in [0.5, 0.6) is 0 Å². The first-order valence-electron chi connectivity index (χ1n) is 8.05. The first-order valence-corrected chi connectivity index (χ1v) is 8.05. The molecule has 1 aliphatic heterocycles. The third-order valence-electron chi connectivity index (χ3n) is 6.26. The maximum Gasteiger partial charge on any atom is 0.228 e. The molecule has 0 radical (unpaired) electrons. The van der Waals surface area contributed by atoms with Crippen LogP contribution in [-0.2, 0) is 9.53 Å². The first kappa shape index (κ1) is 14.3. The van der Waals surface area contributed by atoms with Crippen molar-refractivity contribution in [1.29, 1.82) is 0 Å². The Hall–Kier alpha value is -0.610. The van der Waals surface area contributed by atoms with Gasteiger partial charge in [0.1, 0.15) is 0 Å². The lowest BCUT2D eigenvalue weighted by Gasteiger charge is -2.52. The zero-order valence-corrected chi connectivity index (χ0v) is 13.0. The van der Waals surface area contributed by atoms with Gasteiger partial charge in [0.25, 0.3) is 0 Å². The number of fused-ring (bicyclic) bond motifs is 1. The standard InChI is InChI=1S/C16H28N2O2/c1-15(2)12(8-13(15)20-3)18-14(19)16-7-5-4-6-11(16)9-17-10-16/h11-13,17H,4-10H2,1-3H3,(H,18,19)/t11-,12?,13?,16+/m0/s1. The van der Waals surface area contributed by atoms with Gasteiger partial charge < -0.3 is 15.4 Å². The van der Waals surface area contributed by atoms with Crippen LogP contribution in [-0.4, -0.2) is 38.3 Å². The molecule has 4 heteroatoms. The first-order chi connectivity index (χ1) is 9.50. The molecule has 1 amide bonds. The zero-order valence-electron chi connectivity index (χ0n) is 13.0. The highest BCUT2D eigenvalue weighted by molar-refractivity contribution is 5.84. The van der Waals surface area contributed by atoms with Gasteiger partial charge in [-0.1, -0.05) is 26.7 Å². The summed E-state index contributed by atoms with van der Waals surface area (Å²) in [6.07, 6.45) is 5.95. The van der Waals surface area contributed by atoms with Gasteiger partial charge in [0.05, 0.1) is 11.5 Å². The van der Waals surface area contributed by atoms with Crippen LogP contribution in [0.15, 0.2) is 0 Å². The second-order valence-electron chi connectivity index (χ2n) is 7.54. The number of hydrogen-bond donors (Lipinski definition) is 2. The van der Waals surface area contributed by atoms with Gasteiger partial charge in [-0.2, -0.15) is 0 Å². The fourth-order valence-corrected chi connectivity index (χ4v) is 4.52. The van der Waals surface area contributed by atoms with E-state index in [0.29, 0.717) is 11.8 Å². The van der Waals surface area contributed by atoms with Crippen molar-refractivity contribution < 1.29 is 9.53 Å². The topological polar surface area (TPSA) is 50.4 Å². The fraction of sp³-hybridized carbons (Fsp3) is 0.938. The van der Waals surface area contributed by atoms with Crippen LogP contribution >= 0.6 is 0 Å². The molecule has 3 aliphatic rings. The number of carbonyl (C=O) groups is 1. The van der Waals surface area contributed by atoms with Crippen molar-refractivity contribution in [1.82, 2.24) is 10.6 Å². The van der Waals surface area contributed by atoms with Gasteiger partial charge >= 0.3 is 0 Å². The summed E-state index contributed by atoms with van der Waals surface area (Å²) >= 11 is 0. The molecule has 2 unspecified atom stereocenters. The Morgan fingerprint density at radius 2 is 2.15 bits per heavy atom. The fourth-order valence-electron chi connectivity index (χ4n) is 4.52. The summed E-state index contributed by atoms with van der Waals surface area (Å²) in [6, 6.07) is 0.262. The number of methoxy groups -OCH3 is 1. The van der Waals surface area contributed by atoms with Gasteiger partial charge in [0.2, 0.25) is 5.91 Å². The molecular formula is C16H28N2O2. The quantitative estimate of drug-likeness (QED) is 0.827. The molecule has 2 aliphatic carbocycles. The maximum atomic E-state index is 12.9. The predicted octanol–water partition coefficient (Wildman–Crippen LogP) is 1.70. The number of nitrogens with one attached hydrogen (secondary N) is 2. The summed E-state index contributed by atoms with van der Waals surface area (Å²) in [7, 11) is 1.77. The number of rotatable bonds is 3. The summed E-state index contributed by atoms with van der Waals surface area (Å²) in [5.74, 6) is 0.831. The molecule has 114 valence electrons. The minimum atomic E-state index is -0.132. The SMILES string of the molecule is COC1CC(NC(=O)[C@@]23CCCC[C@H]2CNC3)C1(C)C. The van der Waals surface area contributed by atoms with Crippen LogP contribution in [0.2, 0.25) is 0 Å². The smallest absolute Gasteiger partial charge is 0.228 e. The molecule has 20 heavy (non-hydrogen) atoms. The molecule has 4 nitrogen and oxygen atoms in total. The average Bonchev–Trinajstić information content (AvgIpc) is 2.87. The number of hydrogen-bond acceptors (Lipinski definition) is 3. The molecule has 0 aromatic rings. The van der Waals surface area contributed by atoms with Crippen molar-refractivity contribution in [2.24, 2.45) is 16.7 Å². The van der Waals surface area contributed by atoms with Crippen molar-refractivity contribution in [2.75, 3.05) is 20.2 Å². The van der Waals surface area contributed by atoms with E-state index >= 15 is 0 Å². The van der Waals surface area contributed by atoms with Crippen molar-refractivity contribution >= 4 is 5.91 Å². The molecule has 2 N–H and O–H groups in total. The zero-order chi connectivity index (χ0) is 14.4. The molecule has 0 spiro atoms. The van der Waals surface area contributed by atoms with Gasteiger partial charge in [0.15, 0.2) is 0 Å². The van der Waals surface area contributed by atoms with E-state index in [4.69, 9.17) is 4.74 Å². The van der Waals surface area contributed by atoms with Crippen molar-refractivity contribution in [2.45, 2.75) is 58.1 Å². The van der Waals surface area contributed by atoms with E-state index in [0.717, 1.165) is 25.9 Å². The molecular weight excluding hydrogens is 252 g/mol. The number of amides is 1. The molecule has 2 saturated carbocycles. The molecule has 0 aromatic carbocycles. The molecule has 0 bridgehead atoms. The van der Waals surface area contributed by atoms with E-state index in [1.165, 1.54) is 19.3 Å². The third kappa shape index (κ3) is 2.00. The van der Waals surface area contributed by atoms with E-state index in [9.17, 15) is 4.79 Å². The second-order valence-corrected chi connectivity index (χ2v) is 7.54. The van der Waals surface area contributed by atoms with E-state index in [1.807, 2.05) is 0 Å². The Morgan fingerprint density at radius 1 is 1.35 bits per heavy atom. The van der Waals surface area contributed by atoms with Crippen molar-refractivity contribution in [3.05, 3.63) is 0 Å². The molecule has 4 atom stereocenters. The summed E-state index contributed by atoms with van der Waals surface area (Å²) in [6.45, 7) is 6.27. The van der Waals surface area contributed by atoms with Gasteiger partial charge in [-0.25, -0.2) is 0 Å². The Kier molecular flexibility index (Phi) is 3.57. The Morgan fingerprint density at radius 3 is 2.85 bits per heavy atom. The van der Waals surface area contributed by atoms with E-state index in [-0.39, 0.29) is 23.0 Å². The summed E-state index contributed by atoms with van der Waals surface area (Å²) in [5.41, 5.74) is -0.0796. The number of ether oxygens (including phenoxy) is 1. The summed E-state index contributed by atoms with van der Waals surface area (Å²) in [4.78, 5) is 12.9. The van der Waals surface area contributed by atoms with E-state index in [2.05, 4.69) is 24.5 Å². The third-order valence-corrected chi connectivity index (χ3v) is 6.26. The maximum absolute atomic E-state index is 12.9. The average molecular weight is 280 g/mol. The lowest BCUT2D eigenvalue weighted by Crippen LogP contribution is -2.64. The highest BCUT2D eigenvalue weighted by Gasteiger charge is 2.54. The van der Waals surface area contributed by atoms with Crippen LogP contribution < -0.4 is 10.6 Å². The minimum Gasteiger partial charge on any atom is -0.381 e. The van der Waals surface area contributed by atoms with Crippen LogP contribution in [0.4, 0.5) is 0 Å². The van der Waals surface area contributed by atoms with E-state index < -0.39 is 0 Å². The predicted molar refractivity (Wildman–Crippen MR) is 78.4 cm³/mol. The van der Waals surface area contributed by atoms with Crippen LogP contribution in [0, 0.1) is 16.7 Å².